The fraction of sp³-hybridized carbons (Fsp3) is 0.562. The lowest BCUT2D eigenvalue weighted by atomic mass is 9.98. The highest BCUT2D eigenvalue weighted by Gasteiger charge is 2.38. The third-order valence-corrected chi connectivity index (χ3v) is 3.47. The molecule has 1 aromatic carbocycles. The van der Waals surface area contributed by atoms with Crippen LogP contribution in [0.2, 0.25) is 0 Å². The van der Waals surface area contributed by atoms with Crippen LogP contribution in [0.5, 0.6) is 5.75 Å². The Hall–Kier alpha value is -1.83. The Labute approximate surface area is 137 Å². The molecule has 0 bridgehead atoms. The highest BCUT2D eigenvalue weighted by molar-refractivity contribution is 5.73. The molecule has 0 aromatic heterocycles. The minimum Gasteiger partial charge on any atom is -0.490 e. The molecule has 2 N–H and O–H groups in total. The molecule has 1 unspecified atom stereocenters. The largest absolute Gasteiger partial charge is 0.490 e. The summed E-state index contributed by atoms with van der Waals surface area (Å²) < 4.78 is 50.8. The Bertz CT molecular complexity index is 573. The Morgan fingerprint density at radius 3 is 2.46 bits per heavy atom. The van der Waals surface area contributed by atoms with Crippen LogP contribution in [-0.4, -0.2) is 35.9 Å². The van der Waals surface area contributed by atoms with Gasteiger partial charge in [0.15, 0.2) is 11.6 Å². The maximum absolute atomic E-state index is 13.5. The van der Waals surface area contributed by atoms with E-state index in [1.54, 1.807) is 12.1 Å². The molecule has 0 amide bonds. The van der Waals surface area contributed by atoms with E-state index in [1.807, 2.05) is 6.92 Å². The van der Waals surface area contributed by atoms with Crippen LogP contribution in [-0.2, 0) is 4.79 Å². The molecule has 4 nitrogen and oxygen atoms in total. The molecular formula is C16H21F4NO3. The van der Waals surface area contributed by atoms with Gasteiger partial charge in [-0.25, -0.2) is 9.18 Å². The van der Waals surface area contributed by atoms with E-state index in [1.165, 1.54) is 6.07 Å². The van der Waals surface area contributed by atoms with Crippen molar-refractivity contribution in [1.29, 1.82) is 0 Å². The molecule has 8 heteroatoms. The van der Waals surface area contributed by atoms with Gasteiger partial charge in [0.05, 0.1) is 6.61 Å². The molecule has 1 atom stereocenters. The first-order valence-corrected chi connectivity index (χ1v) is 7.35. The second-order valence-electron chi connectivity index (χ2n) is 6.38. The van der Waals surface area contributed by atoms with E-state index < -0.39 is 12.1 Å². The van der Waals surface area contributed by atoms with Crippen molar-refractivity contribution in [1.82, 2.24) is 5.32 Å². The number of aryl methyl sites for hydroxylation is 1. The highest BCUT2D eigenvalue weighted by Crippen LogP contribution is 2.25. The Kier molecular flexibility index (Phi) is 6.59. The molecule has 0 aliphatic carbocycles. The number of nitrogens with one attached hydrogen (secondary N) is 1. The maximum atomic E-state index is 13.5. The second-order valence-corrected chi connectivity index (χ2v) is 6.38. The summed E-state index contributed by atoms with van der Waals surface area (Å²) in [4.78, 5) is 8.90. The van der Waals surface area contributed by atoms with Crippen molar-refractivity contribution in [3.63, 3.8) is 0 Å². The molecule has 0 saturated carbocycles. The van der Waals surface area contributed by atoms with Crippen molar-refractivity contribution in [3.8, 4) is 5.75 Å². The van der Waals surface area contributed by atoms with Gasteiger partial charge in [0.2, 0.25) is 0 Å². The van der Waals surface area contributed by atoms with Gasteiger partial charge in [0.1, 0.15) is 0 Å². The van der Waals surface area contributed by atoms with E-state index in [-0.39, 0.29) is 11.4 Å². The predicted octanol–water partition coefficient (Wildman–Crippen LogP) is 3.53. The van der Waals surface area contributed by atoms with Crippen LogP contribution in [0, 0.1) is 18.7 Å². The number of alkyl halides is 3. The number of hydrogen-bond acceptors (Lipinski definition) is 3. The SMILES string of the molecule is Cc1ccc(F)c(OCC2CNC(C)(C)C2)c1.O=C(O)C(F)(F)F. The topological polar surface area (TPSA) is 58.6 Å². The average Bonchev–Trinajstić information content (AvgIpc) is 2.79. The Morgan fingerprint density at radius 2 is 2.00 bits per heavy atom. The molecule has 1 fully saturated rings. The average molecular weight is 351 g/mol. The normalized spacial score (nSPS) is 19.4. The molecule has 2 rings (SSSR count). The molecule has 0 radical (unpaired) electrons. The summed E-state index contributed by atoms with van der Waals surface area (Å²) in [6.07, 6.45) is -4.01. The van der Waals surface area contributed by atoms with Crippen molar-refractivity contribution in [2.24, 2.45) is 5.92 Å². The summed E-state index contributed by atoms with van der Waals surface area (Å²) in [6.45, 7) is 7.82. The van der Waals surface area contributed by atoms with Gasteiger partial charge < -0.3 is 15.2 Å². The van der Waals surface area contributed by atoms with Crippen molar-refractivity contribution in [2.45, 2.75) is 38.9 Å². The summed E-state index contributed by atoms with van der Waals surface area (Å²) in [7, 11) is 0. The lowest BCUT2D eigenvalue weighted by molar-refractivity contribution is -0.192. The molecule has 1 heterocycles. The van der Waals surface area contributed by atoms with Gasteiger partial charge >= 0.3 is 12.1 Å². The van der Waals surface area contributed by atoms with Crippen LogP contribution in [0.3, 0.4) is 0 Å². The van der Waals surface area contributed by atoms with Crippen molar-refractivity contribution in [2.75, 3.05) is 13.2 Å². The number of carboxylic acids is 1. The monoisotopic (exact) mass is 351 g/mol. The van der Waals surface area contributed by atoms with Crippen LogP contribution in [0.4, 0.5) is 17.6 Å². The minimum atomic E-state index is -5.08. The van der Waals surface area contributed by atoms with Crippen molar-refractivity contribution in [3.05, 3.63) is 29.6 Å². The molecule has 136 valence electrons. The molecular weight excluding hydrogens is 330 g/mol. The lowest BCUT2D eigenvalue weighted by Crippen LogP contribution is -2.31. The summed E-state index contributed by atoms with van der Waals surface area (Å²) in [5.74, 6) is -2.20. The summed E-state index contributed by atoms with van der Waals surface area (Å²) in [5.41, 5.74) is 1.20. The van der Waals surface area contributed by atoms with Crippen LogP contribution >= 0.6 is 0 Å². The van der Waals surface area contributed by atoms with Crippen LogP contribution < -0.4 is 10.1 Å². The van der Waals surface area contributed by atoms with E-state index in [4.69, 9.17) is 14.6 Å². The minimum absolute atomic E-state index is 0.180. The van der Waals surface area contributed by atoms with Crippen molar-refractivity contribution < 1.29 is 32.2 Å². The van der Waals surface area contributed by atoms with Gasteiger partial charge in [-0.15, -0.1) is 0 Å². The van der Waals surface area contributed by atoms with Crippen LogP contribution in [0.15, 0.2) is 18.2 Å². The fourth-order valence-corrected chi connectivity index (χ4v) is 2.33. The van der Waals surface area contributed by atoms with E-state index >= 15 is 0 Å². The van der Waals surface area contributed by atoms with Gasteiger partial charge in [-0.1, -0.05) is 6.07 Å². The zero-order valence-corrected chi connectivity index (χ0v) is 13.7. The van der Waals surface area contributed by atoms with E-state index in [2.05, 4.69) is 19.2 Å². The highest BCUT2D eigenvalue weighted by atomic mass is 19.4. The zero-order chi connectivity index (χ0) is 18.5. The number of carbonyl (C=O) groups is 1. The number of rotatable bonds is 3. The third-order valence-electron chi connectivity index (χ3n) is 3.47. The van der Waals surface area contributed by atoms with Gasteiger partial charge in [-0.3, -0.25) is 0 Å². The summed E-state index contributed by atoms with van der Waals surface area (Å²) >= 11 is 0. The number of halogens is 4. The fourth-order valence-electron chi connectivity index (χ4n) is 2.33. The molecule has 1 aromatic rings. The molecule has 1 aliphatic rings. The van der Waals surface area contributed by atoms with Gasteiger partial charge in [0, 0.05) is 18.0 Å². The molecule has 0 spiro atoms. The molecule has 1 aliphatic heterocycles. The second kappa shape index (κ2) is 7.83. The van der Waals surface area contributed by atoms with Gasteiger partial charge in [-0.2, -0.15) is 13.2 Å². The maximum Gasteiger partial charge on any atom is 0.490 e. The first-order valence-electron chi connectivity index (χ1n) is 7.35. The number of hydrogen-bond donors (Lipinski definition) is 2. The summed E-state index contributed by atoms with van der Waals surface area (Å²) in [6, 6.07) is 4.97. The predicted molar refractivity (Wildman–Crippen MR) is 80.5 cm³/mol. The van der Waals surface area contributed by atoms with E-state index in [9.17, 15) is 17.6 Å². The number of benzene rings is 1. The van der Waals surface area contributed by atoms with E-state index in [0.717, 1.165) is 18.5 Å². The van der Waals surface area contributed by atoms with Crippen molar-refractivity contribution >= 4 is 5.97 Å². The quantitative estimate of drug-likeness (QED) is 0.818. The Morgan fingerprint density at radius 1 is 1.42 bits per heavy atom. The number of carboxylic acid groups (broad SMARTS) is 1. The number of aliphatic carboxylic acids is 1. The first kappa shape index (κ1) is 20.2. The zero-order valence-electron chi connectivity index (χ0n) is 13.7. The summed E-state index contributed by atoms with van der Waals surface area (Å²) in [5, 5.41) is 10.6. The standard InChI is InChI=1S/C14H20FNO.C2HF3O2/c1-10-4-5-12(15)13(6-10)17-9-11-7-14(2,3)16-8-11;3-2(4,5)1(6)7/h4-6,11,16H,7-9H2,1-3H3;(H,6,7). The smallest absolute Gasteiger partial charge is 0.490 e. The van der Waals surface area contributed by atoms with Gasteiger partial charge in [0.25, 0.3) is 0 Å². The van der Waals surface area contributed by atoms with Crippen LogP contribution in [0.1, 0.15) is 25.8 Å². The Balaban J connectivity index is 0.000000351. The molecule has 24 heavy (non-hydrogen) atoms. The number of ether oxygens (including phenoxy) is 1. The lowest BCUT2D eigenvalue weighted by Gasteiger charge is -2.17. The van der Waals surface area contributed by atoms with Gasteiger partial charge in [-0.05, 0) is 44.9 Å². The first-order chi connectivity index (χ1) is 10.9. The van der Waals surface area contributed by atoms with E-state index in [0.29, 0.717) is 18.3 Å². The van der Waals surface area contributed by atoms with Crippen LogP contribution in [0.25, 0.3) is 0 Å². The third kappa shape index (κ3) is 6.74. The molecule has 1 saturated heterocycles.